The quantitative estimate of drug-likeness (QED) is 0.714. The Balaban J connectivity index is 1.49. The van der Waals surface area contributed by atoms with Gasteiger partial charge in [-0.05, 0) is 43.9 Å². The highest BCUT2D eigenvalue weighted by Gasteiger charge is 2.26. The predicted molar refractivity (Wildman–Crippen MR) is 112 cm³/mol. The summed E-state index contributed by atoms with van der Waals surface area (Å²) in [6.45, 7) is 5.26. The summed E-state index contributed by atoms with van der Waals surface area (Å²) in [6, 6.07) is 18.0. The highest BCUT2D eigenvalue weighted by atomic mass is 16.2. The number of hydrogen-bond donors (Lipinski definition) is 1. The van der Waals surface area contributed by atoms with E-state index < -0.39 is 0 Å². The van der Waals surface area contributed by atoms with Gasteiger partial charge >= 0.3 is 0 Å². The molecule has 1 aliphatic rings. The fourth-order valence-electron chi connectivity index (χ4n) is 4.09. The number of imidazole rings is 1. The van der Waals surface area contributed by atoms with Crippen LogP contribution in [0.3, 0.4) is 0 Å². The van der Waals surface area contributed by atoms with Crippen LogP contribution in [-0.4, -0.2) is 40.0 Å². The molecule has 0 radical (unpaired) electrons. The molecule has 5 nitrogen and oxygen atoms in total. The minimum Gasteiger partial charge on any atom is -0.341 e. The molecule has 28 heavy (non-hydrogen) atoms. The topological polar surface area (TPSA) is 50.2 Å². The van der Waals surface area contributed by atoms with Crippen LogP contribution in [-0.2, 0) is 11.3 Å². The van der Waals surface area contributed by atoms with Crippen molar-refractivity contribution in [3.8, 4) is 0 Å². The van der Waals surface area contributed by atoms with Crippen LogP contribution in [0.1, 0.15) is 36.7 Å². The largest absolute Gasteiger partial charge is 0.341 e. The van der Waals surface area contributed by atoms with Crippen molar-refractivity contribution in [2.75, 3.05) is 19.6 Å². The number of piperidine rings is 1. The molecule has 146 valence electrons. The van der Waals surface area contributed by atoms with E-state index in [9.17, 15) is 4.79 Å². The Morgan fingerprint density at radius 1 is 1.04 bits per heavy atom. The molecule has 0 bridgehead atoms. The van der Waals surface area contributed by atoms with E-state index in [0.29, 0.717) is 6.54 Å². The van der Waals surface area contributed by atoms with Crippen LogP contribution in [0.5, 0.6) is 0 Å². The van der Waals surface area contributed by atoms with Crippen LogP contribution < -0.4 is 5.32 Å². The van der Waals surface area contributed by atoms with Gasteiger partial charge in [0, 0.05) is 26.2 Å². The van der Waals surface area contributed by atoms with Crippen LogP contribution in [0.15, 0.2) is 54.6 Å². The van der Waals surface area contributed by atoms with Crippen molar-refractivity contribution >= 4 is 16.9 Å². The standard InChI is InChI=1S/C23H28N4O/c1-18-25-20-12-6-7-13-21(20)27(18)17-14-24-22(19-10-4-2-5-11-19)23(28)26-15-8-3-9-16-26/h2,4-7,10-13,22,24H,3,8-9,14-17H2,1H3. The van der Waals surface area contributed by atoms with Crippen LogP contribution in [0.4, 0.5) is 0 Å². The van der Waals surface area contributed by atoms with E-state index in [1.807, 2.05) is 60.4 Å². The first-order valence-corrected chi connectivity index (χ1v) is 10.2. The Labute approximate surface area is 166 Å². The molecule has 2 aromatic carbocycles. The third-order valence-corrected chi connectivity index (χ3v) is 5.58. The molecule has 1 fully saturated rings. The van der Waals surface area contributed by atoms with Gasteiger partial charge in [-0.1, -0.05) is 42.5 Å². The average Bonchev–Trinajstić information content (AvgIpc) is 3.07. The summed E-state index contributed by atoms with van der Waals surface area (Å²) in [5.74, 6) is 1.19. The maximum Gasteiger partial charge on any atom is 0.244 e. The zero-order valence-electron chi connectivity index (χ0n) is 16.5. The molecule has 3 aromatic rings. The summed E-state index contributed by atoms with van der Waals surface area (Å²) < 4.78 is 2.22. The van der Waals surface area contributed by atoms with Crippen molar-refractivity contribution in [1.29, 1.82) is 0 Å². The highest BCUT2D eigenvalue weighted by molar-refractivity contribution is 5.83. The van der Waals surface area contributed by atoms with E-state index >= 15 is 0 Å². The minimum absolute atomic E-state index is 0.193. The van der Waals surface area contributed by atoms with Crippen molar-refractivity contribution in [3.63, 3.8) is 0 Å². The van der Waals surface area contributed by atoms with Crippen molar-refractivity contribution in [2.45, 2.75) is 38.8 Å². The predicted octanol–water partition coefficient (Wildman–Crippen LogP) is 3.69. The van der Waals surface area contributed by atoms with E-state index in [1.165, 1.54) is 6.42 Å². The van der Waals surface area contributed by atoms with Crippen LogP contribution in [0.2, 0.25) is 0 Å². The van der Waals surface area contributed by atoms with E-state index in [0.717, 1.165) is 54.9 Å². The maximum absolute atomic E-state index is 13.2. The summed E-state index contributed by atoms with van der Waals surface area (Å²) in [4.78, 5) is 19.9. The number of nitrogens with zero attached hydrogens (tertiary/aromatic N) is 3. The molecule has 1 saturated heterocycles. The Kier molecular flexibility index (Phi) is 5.72. The molecule has 1 aromatic heterocycles. The monoisotopic (exact) mass is 376 g/mol. The second-order valence-electron chi connectivity index (χ2n) is 7.48. The zero-order chi connectivity index (χ0) is 19.3. The molecule has 0 aliphatic carbocycles. The summed E-state index contributed by atoms with van der Waals surface area (Å²) in [7, 11) is 0. The number of amides is 1. The summed E-state index contributed by atoms with van der Waals surface area (Å²) in [5, 5.41) is 3.52. The number of para-hydroxylation sites is 2. The lowest BCUT2D eigenvalue weighted by molar-refractivity contribution is -0.134. The summed E-state index contributed by atoms with van der Waals surface area (Å²) in [5.41, 5.74) is 3.19. The summed E-state index contributed by atoms with van der Waals surface area (Å²) in [6.07, 6.45) is 3.43. The fourth-order valence-corrected chi connectivity index (χ4v) is 4.09. The van der Waals surface area contributed by atoms with E-state index in [1.54, 1.807) is 0 Å². The van der Waals surface area contributed by atoms with Gasteiger partial charge in [0.05, 0.1) is 11.0 Å². The Bertz CT molecular complexity index is 928. The van der Waals surface area contributed by atoms with Gasteiger partial charge in [0.25, 0.3) is 0 Å². The smallest absolute Gasteiger partial charge is 0.244 e. The first-order chi connectivity index (χ1) is 13.7. The molecule has 1 unspecified atom stereocenters. The average molecular weight is 377 g/mol. The van der Waals surface area contributed by atoms with Gasteiger partial charge in [-0.25, -0.2) is 4.98 Å². The van der Waals surface area contributed by atoms with Gasteiger partial charge in [0.1, 0.15) is 11.9 Å². The maximum atomic E-state index is 13.2. The molecule has 5 heteroatoms. The highest BCUT2D eigenvalue weighted by Crippen LogP contribution is 2.20. The number of hydrogen-bond acceptors (Lipinski definition) is 3. The molecule has 4 rings (SSSR count). The Hall–Kier alpha value is -2.66. The van der Waals surface area contributed by atoms with E-state index in [-0.39, 0.29) is 11.9 Å². The fraction of sp³-hybridized carbons (Fsp3) is 0.391. The third kappa shape index (κ3) is 3.94. The second-order valence-corrected chi connectivity index (χ2v) is 7.48. The van der Waals surface area contributed by atoms with Gasteiger partial charge < -0.3 is 14.8 Å². The molecule has 1 N–H and O–H groups in total. The molecule has 1 aliphatic heterocycles. The van der Waals surface area contributed by atoms with Crippen molar-refractivity contribution in [3.05, 3.63) is 66.0 Å². The minimum atomic E-state index is -0.297. The number of rotatable bonds is 6. The SMILES string of the molecule is Cc1nc2ccccc2n1CCNC(C(=O)N1CCCCC1)c1ccccc1. The molecule has 0 saturated carbocycles. The lowest BCUT2D eigenvalue weighted by Gasteiger charge is -2.31. The Morgan fingerprint density at radius 2 is 1.75 bits per heavy atom. The van der Waals surface area contributed by atoms with Gasteiger partial charge in [-0.15, -0.1) is 0 Å². The van der Waals surface area contributed by atoms with Gasteiger partial charge in [0.2, 0.25) is 5.91 Å². The van der Waals surface area contributed by atoms with Crippen molar-refractivity contribution in [2.24, 2.45) is 0 Å². The number of benzene rings is 2. The number of carbonyl (C=O) groups excluding carboxylic acids is 1. The van der Waals surface area contributed by atoms with Crippen LogP contribution in [0.25, 0.3) is 11.0 Å². The van der Waals surface area contributed by atoms with E-state index in [4.69, 9.17) is 0 Å². The van der Waals surface area contributed by atoms with Gasteiger partial charge in [-0.2, -0.15) is 0 Å². The summed E-state index contributed by atoms with van der Waals surface area (Å²) >= 11 is 0. The first kappa shape index (κ1) is 18.7. The second kappa shape index (κ2) is 8.57. The molecule has 2 heterocycles. The molecule has 1 amide bonds. The van der Waals surface area contributed by atoms with Gasteiger partial charge in [0.15, 0.2) is 0 Å². The third-order valence-electron chi connectivity index (χ3n) is 5.58. The van der Waals surface area contributed by atoms with Gasteiger partial charge in [-0.3, -0.25) is 4.79 Å². The Morgan fingerprint density at radius 3 is 2.54 bits per heavy atom. The van der Waals surface area contributed by atoms with Crippen LogP contribution >= 0.6 is 0 Å². The number of fused-ring (bicyclic) bond motifs is 1. The molecule has 0 spiro atoms. The normalized spacial score (nSPS) is 15.7. The van der Waals surface area contributed by atoms with E-state index in [2.05, 4.69) is 20.9 Å². The van der Waals surface area contributed by atoms with Crippen molar-refractivity contribution in [1.82, 2.24) is 19.8 Å². The molecular weight excluding hydrogens is 348 g/mol. The number of nitrogens with one attached hydrogen (secondary N) is 1. The molecular formula is C23H28N4O. The number of aromatic nitrogens is 2. The lowest BCUT2D eigenvalue weighted by atomic mass is 10.0. The lowest BCUT2D eigenvalue weighted by Crippen LogP contribution is -2.44. The van der Waals surface area contributed by atoms with Crippen molar-refractivity contribution < 1.29 is 4.79 Å². The first-order valence-electron chi connectivity index (χ1n) is 10.2. The van der Waals surface area contributed by atoms with Crippen LogP contribution in [0, 0.1) is 6.92 Å². The number of aryl methyl sites for hydroxylation is 1. The number of carbonyl (C=O) groups is 1. The molecule has 1 atom stereocenters. The number of likely N-dealkylation sites (tertiary alicyclic amines) is 1. The zero-order valence-corrected chi connectivity index (χ0v) is 16.5.